The minimum Gasteiger partial charge on any atom is -0.497 e. The SMILES string of the molecule is COc1ccc(C(=O)Nc2ccc(N3CCC(N[C@@H](c4ccco4)C(F)(F)F)CC3)cc2)cc1. The monoisotopic (exact) mass is 473 g/mol. The van der Waals surface area contributed by atoms with Crippen LogP contribution >= 0.6 is 0 Å². The topological polar surface area (TPSA) is 66.7 Å². The van der Waals surface area contributed by atoms with Crippen LogP contribution in [0.15, 0.2) is 71.3 Å². The summed E-state index contributed by atoms with van der Waals surface area (Å²) in [6.45, 7) is 1.25. The van der Waals surface area contributed by atoms with Gasteiger partial charge in [-0.1, -0.05) is 0 Å². The van der Waals surface area contributed by atoms with Gasteiger partial charge in [-0.3, -0.25) is 10.1 Å². The highest BCUT2D eigenvalue weighted by molar-refractivity contribution is 6.04. The fourth-order valence-corrected chi connectivity index (χ4v) is 4.03. The molecular formula is C25H26F3N3O3. The van der Waals surface area contributed by atoms with Crippen molar-refractivity contribution in [2.75, 3.05) is 30.4 Å². The van der Waals surface area contributed by atoms with Crippen LogP contribution in [0.2, 0.25) is 0 Å². The summed E-state index contributed by atoms with van der Waals surface area (Å²) in [5, 5.41) is 5.58. The molecule has 0 radical (unpaired) electrons. The van der Waals surface area contributed by atoms with Crippen molar-refractivity contribution in [2.24, 2.45) is 0 Å². The molecule has 1 aliphatic heterocycles. The Labute approximate surface area is 195 Å². The Kier molecular flexibility index (Phi) is 7.12. The van der Waals surface area contributed by atoms with Crippen molar-refractivity contribution in [2.45, 2.75) is 31.1 Å². The van der Waals surface area contributed by atoms with Crippen LogP contribution in [-0.4, -0.2) is 38.3 Å². The van der Waals surface area contributed by atoms with E-state index >= 15 is 0 Å². The molecule has 34 heavy (non-hydrogen) atoms. The normalized spacial score (nSPS) is 15.7. The molecule has 4 rings (SSSR count). The number of ether oxygens (including phenoxy) is 1. The Hall–Kier alpha value is -3.46. The Morgan fingerprint density at radius 2 is 1.74 bits per heavy atom. The zero-order chi connectivity index (χ0) is 24.1. The number of nitrogens with one attached hydrogen (secondary N) is 2. The number of halogens is 3. The Morgan fingerprint density at radius 3 is 2.29 bits per heavy atom. The molecule has 3 aromatic rings. The molecule has 1 atom stereocenters. The number of furan rings is 1. The molecule has 0 bridgehead atoms. The summed E-state index contributed by atoms with van der Waals surface area (Å²) in [7, 11) is 1.57. The first-order valence-electron chi connectivity index (χ1n) is 11.0. The van der Waals surface area contributed by atoms with Gasteiger partial charge in [0, 0.05) is 36.1 Å². The molecule has 1 aliphatic rings. The second-order valence-electron chi connectivity index (χ2n) is 8.15. The molecule has 180 valence electrons. The first kappa shape index (κ1) is 23.7. The van der Waals surface area contributed by atoms with Gasteiger partial charge in [0.1, 0.15) is 11.5 Å². The predicted octanol–water partition coefficient (Wildman–Crippen LogP) is 5.40. The van der Waals surface area contributed by atoms with E-state index in [1.807, 2.05) is 24.3 Å². The quantitative estimate of drug-likeness (QED) is 0.481. The molecule has 0 unspecified atom stereocenters. The molecule has 2 N–H and O–H groups in total. The van der Waals surface area contributed by atoms with E-state index in [-0.39, 0.29) is 17.7 Å². The largest absolute Gasteiger partial charge is 0.497 e. The van der Waals surface area contributed by atoms with Gasteiger partial charge in [0.05, 0.1) is 13.4 Å². The molecule has 0 aliphatic carbocycles. The smallest absolute Gasteiger partial charge is 0.411 e. The number of methoxy groups -OCH3 is 1. The van der Waals surface area contributed by atoms with E-state index in [1.54, 1.807) is 31.4 Å². The summed E-state index contributed by atoms with van der Waals surface area (Å²) in [6, 6.07) is 15.0. The molecule has 0 spiro atoms. The summed E-state index contributed by atoms with van der Waals surface area (Å²) in [5.74, 6) is 0.329. The molecule has 0 saturated carbocycles. The number of nitrogens with zero attached hydrogens (tertiary/aromatic N) is 1. The first-order valence-corrected chi connectivity index (χ1v) is 11.0. The lowest BCUT2D eigenvalue weighted by atomic mass is 10.0. The van der Waals surface area contributed by atoms with Gasteiger partial charge in [0.25, 0.3) is 5.91 Å². The van der Waals surface area contributed by atoms with Crippen LogP contribution in [0.1, 0.15) is 35.0 Å². The van der Waals surface area contributed by atoms with Gasteiger partial charge >= 0.3 is 6.18 Å². The maximum absolute atomic E-state index is 13.5. The standard InChI is InChI=1S/C25H26F3N3O3/c1-33-21-10-4-17(5-11-21)24(32)30-18-6-8-20(9-7-18)31-14-12-19(13-15-31)29-23(25(26,27)28)22-3-2-16-34-22/h2-11,16,19,23,29H,12-15H2,1H3,(H,30,32)/t23-/m0/s1. The summed E-state index contributed by atoms with van der Waals surface area (Å²) in [6.07, 6.45) is -2.03. The van der Waals surface area contributed by atoms with E-state index in [0.717, 1.165) is 5.69 Å². The highest BCUT2D eigenvalue weighted by Gasteiger charge is 2.44. The van der Waals surface area contributed by atoms with Crippen molar-refractivity contribution >= 4 is 17.3 Å². The Bertz CT molecular complexity index is 1060. The van der Waals surface area contributed by atoms with Crippen LogP contribution < -0.4 is 20.3 Å². The molecular weight excluding hydrogens is 447 g/mol. The fraction of sp³-hybridized carbons (Fsp3) is 0.320. The zero-order valence-electron chi connectivity index (χ0n) is 18.6. The van der Waals surface area contributed by atoms with Gasteiger partial charge in [0.2, 0.25) is 0 Å². The number of carbonyl (C=O) groups is 1. The van der Waals surface area contributed by atoms with Gasteiger partial charge in [-0.05, 0) is 73.5 Å². The fourth-order valence-electron chi connectivity index (χ4n) is 4.03. The average molecular weight is 473 g/mol. The van der Waals surface area contributed by atoms with Gasteiger partial charge < -0.3 is 19.4 Å². The Morgan fingerprint density at radius 1 is 1.06 bits per heavy atom. The average Bonchev–Trinajstić information content (AvgIpc) is 3.37. The van der Waals surface area contributed by atoms with Crippen molar-refractivity contribution in [3.63, 3.8) is 0 Å². The number of anilines is 2. The van der Waals surface area contributed by atoms with E-state index < -0.39 is 12.2 Å². The molecule has 2 aromatic carbocycles. The third-order valence-electron chi connectivity index (χ3n) is 5.89. The third-order valence-corrected chi connectivity index (χ3v) is 5.89. The minimum absolute atomic E-state index is 0.123. The van der Waals surface area contributed by atoms with Crippen molar-refractivity contribution in [3.8, 4) is 5.75 Å². The number of benzene rings is 2. The van der Waals surface area contributed by atoms with E-state index in [0.29, 0.717) is 42.9 Å². The second kappa shape index (κ2) is 10.2. The van der Waals surface area contributed by atoms with Crippen molar-refractivity contribution < 1.29 is 27.1 Å². The van der Waals surface area contributed by atoms with Crippen molar-refractivity contribution in [1.82, 2.24) is 5.32 Å². The van der Waals surface area contributed by atoms with Crippen LogP contribution in [0, 0.1) is 0 Å². The highest BCUT2D eigenvalue weighted by Crippen LogP contribution is 2.34. The first-order chi connectivity index (χ1) is 16.3. The lowest BCUT2D eigenvalue weighted by Crippen LogP contribution is -2.46. The number of rotatable bonds is 7. The summed E-state index contributed by atoms with van der Waals surface area (Å²) in [5.41, 5.74) is 2.14. The minimum atomic E-state index is -4.43. The van der Waals surface area contributed by atoms with Crippen LogP contribution in [0.25, 0.3) is 0 Å². The van der Waals surface area contributed by atoms with E-state index in [2.05, 4.69) is 15.5 Å². The molecule has 2 heterocycles. The van der Waals surface area contributed by atoms with Crippen molar-refractivity contribution in [3.05, 3.63) is 78.3 Å². The number of hydrogen-bond donors (Lipinski definition) is 2. The lowest BCUT2D eigenvalue weighted by Gasteiger charge is -2.36. The van der Waals surface area contributed by atoms with Gasteiger partial charge in [0.15, 0.2) is 6.04 Å². The molecule has 1 saturated heterocycles. The van der Waals surface area contributed by atoms with Gasteiger partial charge in [-0.2, -0.15) is 13.2 Å². The number of carbonyl (C=O) groups excluding carboxylic acids is 1. The van der Waals surface area contributed by atoms with Crippen LogP contribution in [0.4, 0.5) is 24.5 Å². The Balaban J connectivity index is 1.31. The number of hydrogen-bond acceptors (Lipinski definition) is 5. The van der Waals surface area contributed by atoms with Crippen LogP contribution in [0.3, 0.4) is 0 Å². The van der Waals surface area contributed by atoms with Gasteiger partial charge in [-0.25, -0.2) is 0 Å². The number of amides is 1. The molecule has 9 heteroatoms. The zero-order valence-corrected chi connectivity index (χ0v) is 18.6. The molecule has 1 fully saturated rings. The maximum atomic E-state index is 13.5. The molecule has 6 nitrogen and oxygen atoms in total. The summed E-state index contributed by atoms with van der Waals surface area (Å²) in [4.78, 5) is 14.6. The predicted molar refractivity (Wildman–Crippen MR) is 123 cm³/mol. The van der Waals surface area contributed by atoms with E-state index in [1.165, 1.54) is 18.4 Å². The van der Waals surface area contributed by atoms with Crippen LogP contribution in [-0.2, 0) is 0 Å². The highest BCUT2D eigenvalue weighted by atomic mass is 19.4. The summed E-state index contributed by atoms with van der Waals surface area (Å²) >= 11 is 0. The van der Waals surface area contributed by atoms with Crippen molar-refractivity contribution in [1.29, 1.82) is 0 Å². The number of piperidine rings is 1. The molecule has 1 aromatic heterocycles. The van der Waals surface area contributed by atoms with E-state index in [4.69, 9.17) is 9.15 Å². The second-order valence-corrected chi connectivity index (χ2v) is 8.15. The maximum Gasteiger partial charge on any atom is 0.411 e. The number of alkyl halides is 3. The van der Waals surface area contributed by atoms with Gasteiger partial charge in [-0.15, -0.1) is 0 Å². The summed E-state index contributed by atoms with van der Waals surface area (Å²) < 4.78 is 50.6. The molecule has 1 amide bonds. The lowest BCUT2D eigenvalue weighted by molar-refractivity contribution is -0.163. The van der Waals surface area contributed by atoms with E-state index in [9.17, 15) is 18.0 Å². The third kappa shape index (κ3) is 5.72. The van der Waals surface area contributed by atoms with Crippen LogP contribution in [0.5, 0.6) is 5.75 Å².